The van der Waals surface area contributed by atoms with Gasteiger partial charge in [-0.1, -0.05) is 12.1 Å². The third kappa shape index (κ3) is 10.5. The zero-order chi connectivity index (χ0) is 35.4. The molecule has 3 aromatic carbocycles. The molecule has 0 bridgehead atoms. The van der Waals surface area contributed by atoms with Gasteiger partial charge in [-0.05, 0) is 67.3 Å². The van der Waals surface area contributed by atoms with E-state index in [0.29, 0.717) is 56.8 Å². The fraction of sp³-hybridized carbons (Fsp3) is 0.333. The average molecular weight is 751 g/mol. The third-order valence-corrected chi connectivity index (χ3v) is 10.7. The summed E-state index contributed by atoms with van der Waals surface area (Å²) in [5.41, 5.74) is 6.08. The smallest absolute Gasteiger partial charge is 0.240 e. The molecule has 3 heterocycles. The molecule has 268 valence electrons. The van der Waals surface area contributed by atoms with E-state index in [1.54, 1.807) is 35.2 Å². The number of thiazole rings is 1. The SMILES string of the molecule is O=C1CCC(Sc2cccc(CCCOCCOCCOCCOc3cc4nccc(Nc5ccc6scnc6c5)c4cc3S(=O)O)c2)C(=O)N1. The maximum atomic E-state index is 12.2. The molecule has 2 amide bonds. The molecule has 1 saturated heterocycles. The van der Waals surface area contributed by atoms with E-state index in [2.05, 4.69) is 32.7 Å². The van der Waals surface area contributed by atoms with Crippen LogP contribution in [0.2, 0.25) is 0 Å². The fourth-order valence-electron chi connectivity index (χ4n) is 5.46. The van der Waals surface area contributed by atoms with Gasteiger partial charge in [-0.3, -0.25) is 19.9 Å². The quantitative estimate of drug-likeness (QED) is 0.0505. The number of hydrogen-bond acceptors (Lipinski definition) is 12. The molecule has 0 radical (unpaired) electrons. The first kappa shape index (κ1) is 36.8. The highest BCUT2D eigenvalue weighted by Gasteiger charge is 2.27. The molecular weight excluding hydrogens is 713 g/mol. The summed E-state index contributed by atoms with van der Waals surface area (Å²) in [4.78, 5) is 33.4. The predicted octanol–water partition coefficient (Wildman–Crippen LogP) is 6.13. The summed E-state index contributed by atoms with van der Waals surface area (Å²) in [5, 5.41) is 6.23. The number of anilines is 2. The number of fused-ring (bicyclic) bond motifs is 2. The summed E-state index contributed by atoms with van der Waals surface area (Å²) in [7, 11) is 0. The van der Waals surface area contributed by atoms with Crippen molar-refractivity contribution in [3.8, 4) is 5.75 Å². The molecule has 3 N–H and O–H groups in total. The second kappa shape index (κ2) is 18.5. The molecule has 6 rings (SSSR count). The highest BCUT2D eigenvalue weighted by atomic mass is 32.2. The molecule has 1 aliphatic heterocycles. The highest BCUT2D eigenvalue weighted by Crippen LogP contribution is 2.34. The van der Waals surface area contributed by atoms with Gasteiger partial charge in [0.25, 0.3) is 0 Å². The van der Waals surface area contributed by atoms with Crippen LogP contribution in [0.4, 0.5) is 11.4 Å². The number of amides is 2. The Kier molecular flexibility index (Phi) is 13.4. The zero-order valence-electron chi connectivity index (χ0n) is 27.7. The average Bonchev–Trinajstić information content (AvgIpc) is 3.59. The van der Waals surface area contributed by atoms with Gasteiger partial charge in [0.2, 0.25) is 11.8 Å². The monoisotopic (exact) mass is 750 g/mol. The molecule has 15 heteroatoms. The maximum Gasteiger partial charge on any atom is 0.240 e. The lowest BCUT2D eigenvalue weighted by molar-refractivity contribution is -0.132. The molecular formula is C36H38N4O8S3. The molecule has 51 heavy (non-hydrogen) atoms. The van der Waals surface area contributed by atoms with E-state index >= 15 is 0 Å². The minimum Gasteiger partial charge on any atom is -0.490 e. The Hall–Kier alpha value is -3.96. The number of imide groups is 1. The second-order valence-electron chi connectivity index (χ2n) is 11.6. The number of carbonyl (C=O) groups is 2. The van der Waals surface area contributed by atoms with Gasteiger partial charge in [0.15, 0.2) is 11.1 Å². The van der Waals surface area contributed by atoms with Crippen molar-refractivity contribution in [2.24, 2.45) is 0 Å². The van der Waals surface area contributed by atoms with Crippen LogP contribution in [0.15, 0.2) is 82.2 Å². The first-order chi connectivity index (χ1) is 24.9. The predicted molar refractivity (Wildman–Crippen MR) is 198 cm³/mol. The van der Waals surface area contributed by atoms with Crippen LogP contribution in [0.1, 0.15) is 24.8 Å². The van der Waals surface area contributed by atoms with Crippen LogP contribution < -0.4 is 15.4 Å². The summed E-state index contributed by atoms with van der Waals surface area (Å²) in [6, 6.07) is 19.2. The van der Waals surface area contributed by atoms with Crippen LogP contribution in [0.5, 0.6) is 5.75 Å². The minimum atomic E-state index is -2.28. The van der Waals surface area contributed by atoms with E-state index in [-0.39, 0.29) is 40.9 Å². The lowest BCUT2D eigenvalue weighted by Gasteiger charge is -2.20. The van der Waals surface area contributed by atoms with Crippen molar-refractivity contribution in [2.45, 2.75) is 40.7 Å². The van der Waals surface area contributed by atoms with Crippen molar-refractivity contribution < 1.29 is 37.3 Å². The van der Waals surface area contributed by atoms with E-state index in [1.807, 2.05) is 36.4 Å². The van der Waals surface area contributed by atoms with Crippen molar-refractivity contribution in [1.29, 1.82) is 0 Å². The molecule has 1 fully saturated rings. The topological polar surface area (TPSA) is 158 Å². The van der Waals surface area contributed by atoms with Crippen LogP contribution in [0, 0.1) is 0 Å². The first-order valence-corrected chi connectivity index (χ1v) is 19.4. The molecule has 1 aliphatic rings. The van der Waals surface area contributed by atoms with Gasteiger partial charge in [-0.15, -0.1) is 23.1 Å². The fourth-order valence-corrected chi connectivity index (χ4v) is 7.73. The van der Waals surface area contributed by atoms with Gasteiger partial charge in [0.05, 0.1) is 59.5 Å². The minimum absolute atomic E-state index is 0.147. The second-order valence-corrected chi connectivity index (χ2v) is 14.7. The summed E-state index contributed by atoms with van der Waals surface area (Å²) in [5.74, 6) is -0.143. The number of nitrogens with one attached hydrogen (secondary N) is 2. The van der Waals surface area contributed by atoms with Crippen LogP contribution in [-0.4, -0.2) is 82.0 Å². The summed E-state index contributed by atoms with van der Waals surface area (Å²) < 4.78 is 46.1. The van der Waals surface area contributed by atoms with Gasteiger partial charge < -0.3 is 28.8 Å². The Morgan fingerprint density at radius 1 is 0.922 bits per heavy atom. The molecule has 2 aromatic heterocycles. The number of pyridine rings is 1. The van der Waals surface area contributed by atoms with Crippen LogP contribution in [0.25, 0.3) is 21.1 Å². The number of piperidine rings is 1. The molecule has 12 nitrogen and oxygen atoms in total. The molecule has 0 saturated carbocycles. The van der Waals surface area contributed by atoms with Crippen LogP contribution in [-0.2, 0) is 41.3 Å². The van der Waals surface area contributed by atoms with Crippen molar-refractivity contribution in [1.82, 2.24) is 15.3 Å². The summed E-state index contributed by atoms with van der Waals surface area (Å²) in [6.07, 6.45) is 4.33. The zero-order valence-corrected chi connectivity index (χ0v) is 30.2. The first-order valence-electron chi connectivity index (χ1n) is 16.5. The van der Waals surface area contributed by atoms with Gasteiger partial charge in [0.1, 0.15) is 17.3 Å². The van der Waals surface area contributed by atoms with E-state index in [0.717, 1.165) is 39.3 Å². The van der Waals surface area contributed by atoms with E-state index in [1.165, 1.54) is 17.3 Å². The number of rotatable bonds is 19. The number of ether oxygens (including phenoxy) is 4. The van der Waals surface area contributed by atoms with Gasteiger partial charge >= 0.3 is 0 Å². The molecule has 2 unspecified atom stereocenters. The van der Waals surface area contributed by atoms with Gasteiger partial charge in [0, 0.05) is 46.9 Å². The highest BCUT2D eigenvalue weighted by molar-refractivity contribution is 8.00. The number of nitrogens with zero attached hydrogens (tertiary/aromatic N) is 2. The lowest BCUT2D eigenvalue weighted by atomic mass is 10.1. The molecule has 0 aliphatic carbocycles. The number of carbonyl (C=O) groups excluding carboxylic acids is 2. The lowest BCUT2D eigenvalue weighted by Crippen LogP contribution is -2.42. The molecule has 2 atom stereocenters. The van der Waals surface area contributed by atoms with Crippen molar-refractivity contribution >= 4 is 78.5 Å². The Morgan fingerprint density at radius 3 is 2.53 bits per heavy atom. The standard InChI is InChI=1S/C36H38N4O8S3/c41-35-9-8-33(36(42)40-35)50-26-5-1-3-24(19-26)4-2-12-45-13-14-46-15-16-47-17-18-48-31-22-29-27(21-34(31)51(43)44)28(10-11-37-29)39-25-6-7-32-30(20-25)38-23-49-32/h1,3,5-7,10-11,19-23,33H,2,4,8-9,12-18H2,(H,37,39)(H,43,44)(H,40,41,42). The molecule has 5 aromatic rings. The Balaban J connectivity index is 0.847. The number of hydrogen-bond donors (Lipinski definition) is 3. The third-order valence-electron chi connectivity index (χ3n) is 7.95. The van der Waals surface area contributed by atoms with Crippen molar-refractivity contribution in [3.05, 3.63) is 77.9 Å². The van der Waals surface area contributed by atoms with Crippen LogP contribution >= 0.6 is 23.1 Å². The normalized spacial score (nSPS) is 15.3. The molecule has 0 spiro atoms. The van der Waals surface area contributed by atoms with Gasteiger partial charge in [-0.2, -0.15) is 0 Å². The van der Waals surface area contributed by atoms with Crippen molar-refractivity contribution in [2.75, 3.05) is 51.6 Å². The van der Waals surface area contributed by atoms with E-state index in [4.69, 9.17) is 18.9 Å². The number of benzene rings is 3. The van der Waals surface area contributed by atoms with Gasteiger partial charge in [-0.25, -0.2) is 9.19 Å². The van der Waals surface area contributed by atoms with E-state index < -0.39 is 11.1 Å². The summed E-state index contributed by atoms with van der Waals surface area (Å²) in [6.45, 7) is 2.76. The van der Waals surface area contributed by atoms with E-state index in [9.17, 15) is 18.4 Å². The summed E-state index contributed by atoms with van der Waals surface area (Å²) >= 11 is 0.792. The Bertz CT molecular complexity index is 1990. The number of aryl methyl sites for hydroxylation is 1. The Labute approximate surface area is 305 Å². The van der Waals surface area contributed by atoms with Crippen molar-refractivity contribution in [3.63, 3.8) is 0 Å². The number of aromatic nitrogens is 2. The van der Waals surface area contributed by atoms with Crippen LogP contribution in [0.3, 0.4) is 0 Å². The Morgan fingerprint density at radius 2 is 1.73 bits per heavy atom. The largest absolute Gasteiger partial charge is 0.490 e. The number of thioether (sulfide) groups is 1. The maximum absolute atomic E-state index is 12.2.